The number of allylic oxidation sites excluding steroid dienone is 1. The van der Waals surface area contributed by atoms with Gasteiger partial charge in [0.1, 0.15) is 17.9 Å². The molecule has 0 aliphatic heterocycles. The maximum atomic E-state index is 12.8. The zero-order valence-corrected chi connectivity index (χ0v) is 18.0. The minimum atomic E-state index is -0.990. The van der Waals surface area contributed by atoms with Gasteiger partial charge < -0.3 is 9.15 Å². The minimum absolute atomic E-state index is 0.117. The molecular weight excluding hydrogens is 382 g/mol. The van der Waals surface area contributed by atoms with Gasteiger partial charge in [-0.3, -0.25) is 14.4 Å². The molecule has 0 spiro atoms. The maximum Gasteiger partial charge on any atom is 0.316 e. The van der Waals surface area contributed by atoms with Gasteiger partial charge in [-0.1, -0.05) is 48.9 Å². The summed E-state index contributed by atoms with van der Waals surface area (Å²) >= 11 is 0. The van der Waals surface area contributed by atoms with E-state index in [1.807, 2.05) is 37.3 Å². The Hall–Kier alpha value is -3.02. The van der Waals surface area contributed by atoms with Crippen molar-refractivity contribution in [1.82, 2.24) is 4.98 Å². The van der Waals surface area contributed by atoms with E-state index >= 15 is 0 Å². The van der Waals surface area contributed by atoms with Gasteiger partial charge in [0.25, 0.3) is 0 Å². The number of carbonyl (C=O) groups is 3. The Kier molecular flexibility index (Phi) is 8.71. The predicted octanol–water partition coefficient (Wildman–Crippen LogP) is 4.69. The molecule has 0 saturated heterocycles. The molecular formula is C24H29NO5. The molecule has 0 aliphatic carbocycles. The highest BCUT2D eigenvalue weighted by molar-refractivity contribution is 6.14. The van der Waals surface area contributed by atoms with Crippen LogP contribution in [-0.2, 0) is 20.7 Å². The minimum Gasteiger partial charge on any atom is -0.465 e. The number of ketones is 2. The third-order valence-corrected chi connectivity index (χ3v) is 4.89. The van der Waals surface area contributed by atoms with Gasteiger partial charge in [-0.05, 0) is 39.2 Å². The number of hydrogen-bond donors (Lipinski definition) is 0. The number of hydrogen-bond acceptors (Lipinski definition) is 6. The van der Waals surface area contributed by atoms with Crippen LogP contribution in [-0.4, -0.2) is 29.1 Å². The molecule has 2 rings (SSSR count). The number of ether oxygens (including phenoxy) is 1. The molecule has 2 unspecified atom stereocenters. The predicted molar refractivity (Wildman–Crippen MR) is 114 cm³/mol. The fourth-order valence-electron chi connectivity index (χ4n) is 3.13. The molecule has 2 atom stereocenters. The summed E-state index contributed by atoms with van der Waals surface area (Å²) < 4.78 is 10.3. The zero-order chi connectivity index (χ0) is 22.1. The van der Waals surface area contributed by atoms with Crippen molar-refractivity contribution in [2.24, 2.45) is 11.8 Å². The number of rotatable bonds is 11. The fourth-order valence-corrected chi connectivity index (χ4v) is 3.13. The molecule has 0 bridgehead atoms. The van der Waals surface area contributed by atoms with Crippen molar-refractivity contribution in [3.05, 3.63) is 59.3 Å². The number of Topliss-reactive ketones (excluding diaryl/α,β-unsaturated/α-hetero) is 2. The highest BCUT2D eigenvalue weighted by Crippen LogP contribution is 2.20. The zero-order valence-electron chi connectivity index (χ0n) is 18.0. The van der Waals surface area contributed by atoms with Gasteiger partial charge in [-0.2, -0.15) is 0 Å². The van der Waals surface area contributed by atoms with Crippen molar-refractivity contribution in [3.8, 4) is 0 Å². The number of aromatic nitrogens is 1. The first-order valence-electron chi connectivity index (χ1n) is 10.3. The standard InChI is InChI=1S/C24H29NO5/c1-5-19(22(26)17(4)24(28)29-6-2)23(27)20-15-30-21(25-20)13-12-16(3)14-18-10-8-7-9-11-18/h7-11,14-15,17,19H,5-6,12-13H2,1-4H3/b16-14+. The lowest BCUT2D eigenvalue weighted by atomic mass is 9.87. The second-order valence-corrected chi connectivity index (χ2v) is 7.23. The van der Waals surface area contributed by atoms with Gasteiger partial charge in [0.05, 0.1) is 12.5 Å². The summed E-state index contributed by atoms with van der Waals surface area (Å²) in [6.07, 6.45) is 4.95. The second kappa shape index (κ2) is 11.2. The molecule has 0 amide bonds. The number of aryl methyl sites for hydroxylation is 1. The molecule has 1 heterocycles. The van der Waals surface area contributed by atoms with Crippen LogP contribution in [0.25, 0.3) is 6.08 Å². The monoisotopic (exact) mass is 411 g/mol. The first-order chi connectivity index (χ1) is 14.4. The number of carbonyl (C=O) groups excluding carboxylic acids is 3. The van der Waals surface area contributed by atoms with Gasteiger partial charge >= 0.3 is 5.97 Å². The number of esters is 1. The third kappa shape index (κ3) is 6.24. The average molecular weight is 411 g/mol. The molecule has 0 fully saturated rings. The average Bonchev–Trinajstić information content (AvgIpc) is 3.22. The quantitative estimate of drug-likeness (QED) is 0.303. The van der Waals surface area contributed by atoms with Crippen LogP contribution in [0.15, 0.2) is 46.6 Å². The summed E-state index contributed by atoms with van der Waals surface area (Å²) in [5.74, 6) is -2.98. The van der Waals surface area contributed by atoms with E-state index in [0.717, 1.165) is 17.6 Å². The SMILES string of the molecule is CCOC(=O)C(C)C(=O)C(CC)C(=O)c1coc(CC/C(C)=C/c2ccccc2)n1. The van der Waals surface area contributed by atoms with Crippen molar-refractivity contribution >= 4 is 23.6 Å². The molecule has 0 radical (unpaired) electrons. The molecule has 0 N–H and O–H groups in total. The van der Waals surface area contributed by atoms with Gasteiger partial charge in [-0.25, -0.2) is 4.98 Å². The Morgan fingerprint density at radius 3 is 2.50 bits per heavy atom. The van der Waals surface area contributed by atoms with Gasteiger partial charge in [0.2, 0.25) is 0 Å². The van der Waals surface area contributed by atoms with Gasteiger partial charge in [-0.15, -0.1) is 0 Å². The van der Waals surface area contributed by atoms with E-state index < -0.39 is 29.4 Å². The fraction of sp³-hybridized carbons (Fsp3) is 0.417. The summed E-state index contributed by atoms with van der Waals surface area (Å²) in [6, 6.07) is 10.0. The highest BCUT2D eigenvalue weighted by Gasteiger charge is 2.34. The van der Waals surface area contributed by atoms with Crippen LogP contribution in [0, 0.1) is 11.8 Å². The van der Waals surface area contributed by atoms with Crippen molar-refractivity contribution in [2.45, 2.75) is 47.0 Å². The van der Waals surface area contributed by atoms with Crippen LogP contribution in [0.4, 0.5) is 0 Å². The lowest BCUT2D eigenvalue weighted by Gasteiger charge is -2.15. The van der Waals surface area contributed by atoms with E-state index in [1.165, 1.54) is 13.2 Å². The van der Waals surface area contributed by atoms with Crippen LogP contribution >= 0.6 is 0 Å². The lowest BCUT2D eigenvalue weighted by molar-refractivity contribution is -0.151. The van der Waals surface area contributed by atoms with Crippen molar-refractivity contribution < 1.29 is 23.5 Å². The normalized spacial score (nSPS) is 13.5. The molecule has 2 aromatic rings. The second-order valence-electron chi connectivity index (χ2n) is 7.23. The molecule has 0 saturated carbocycles. The molecule has 1 aromatic carbocycles. The van der Waals surface area contributed by atoms with E-state index in [4.69, 9.17) is 9.15 Å². The Morgan fingerprint density at radius 2 is 1.87 bits per heavy atom. The maximum absolute atomic E-state index is 12.8. The van der Waals surface area contributed by atoms with E-state index in [9.17, 15) is 14.4 Å². The van der Waals surface area contributed by atoms with Gasteiger partial charge in [0.15, 0.2) is 17.5 Å². The first kappa shape index (κ1) is 23.3. The van der Waals surface area contributed by atoms with Crippen LogP contribution in [0.3, 0.4) is 0 Å². The summed E-state index contributed by atoms with van der Waals surface area (Å²) in [5.41, 5.74) is 2.40. The van der Waals surface area contributed by atoms with Crippen molar-refractivity contribution in [2.75, 3.05) is 6.61 Å². The molecule has 30 heavy (non-hydrogen) atoms. The number of oxazole rings is 1. The van der Waals surface area contributed by atoms with Crippen LogP contribution in [0.5, 0.6) is 0 Å². The molecule has 160 valence electrons. The number of benzene rings is 1. The largest absolute Gasteiger partial charge is 0.465 e. The topological polar surface area (TPSA) is 86.5 Å². The number of nitrogens with zero attached hydrogens (tertiary/aromatic N) is 1. The molecule has 1 aromatic heterocycles. The Balaban J connectivity index is 2.01. The Bertz CT molecular complexity index is 897. The van der Waals surface area contributed by atoms with E-state index in [2.05, 4.69) is 11.1 Å². The van der Waals surface area contributed by atoms with Crippen LogP contribution in [0.2, 0.25) is 0 Å². The van der Waals surface area contributed by atoms with Crippen LogP contribution in [0.1, 0.15) is 62.5 Å². The smallest absolute Gasteiger partial charge is 0.316 e. The lowest BCUT2D eigenvalue weighted by Crippen LogP contribution is -2.33. The van der Waals surface area contributed by atoms with E-state index in [-0.39, 0.29) is 18.7 Å². The van der Waals surface area contributed by atoms with E-state index in [0.29, 0.717) is 12.3 Å². The summed E-state index contributed by atoms with van der Waals surface area (Å²) in [7, 11) is 0. The third-order valence-electron chi connectivity index (χ3n) is 4.89. The van der Waals surface area contributed by atoms with E-state index in [1.54, 1.807) is 13.8 Å². The first-order valence-corrected chi connectivity index (χ1v) is 10.3. The van der Waals surface area contributed by atoms with Gasteiger partial charge in [0, 0.05) is 6.42 Å². The molecule has 6 nitrogen and oxygen atoms in total. The highest BCUT2D eigenvalue weighted by atomic mass is 16.5. The van der Waals surface area contributed by atoms with Crippen LogP contribution < -0.4 is 0 Å². The van der Waals surface area contributed by atoms with Crippen molar-refractivity contribution in [1.29, 1.82) is 0 Å². The summed E-state index contributed by atoms with van der Waals surface area (Å²) in [6.45, 7) is 7.09. The Morgan fingerprint density at radius 1 is 1.17 bits per heavy atom. The summed E-state index contributed by atoms with van der Waals surface area (Å²) in [4.78, 5) is 41.5. The van der Waals surface area contributed by atoms with Crippen molar-refractivity contribution in [3.63, 3.8) is 0 Å². The Labute approximate surface area is 177 Å². The summed E-state index contributed by atoms with van der Waals surface area (Å²) in [5, 5.41) is 0. The molecule has 6 heteroatoms. The molecule has 0 aliphatic rings.